The Bertz CT molecular complexity index is 1090. The number of amides is 2. The van der Waals surface area contributed by atoms with Gasteiger partial charge in [-0.25, -0.2) is 23.2 Å². The SMILES string of the molecule is Cc1nc(C)c(S(=O)(=O)NN(C(=O)CNC(=O)C(CCC2CCNCC2)CCC2CCNCC2)C(C)C(=O)O)s1. The van der Waals surface area contributed by atoms with Crippen molar-refractivity contribution in [1.29, 1.82) is 0 Å². The van der Waals surface area contributed by atoms with Crippen molar-refractivity contribution in [2.24, 2.45) is 17.8 Å². The summed E-state index contributed by atoms with van der Waals surface area (Å²) in [5.41, 5.74) is 0.254. The lowest BCUT2D eigenvalue weighted by Gasteiger charge is -2.28. The van der Waals surface area contributed by atoms with Crippen LogP contribution < -0.4 is 20.8 Å². The van der Waals surface area contributed by atoms with Gasteiger partial charge in [0.25, 0.3) is 15.9 Å². The number of hydrogen-bond acceptors (Lipinski definition) is 9. The zero-order valence-electron chi connectivity index (χ0n) is 23.7. The summed E-state index contributed by atoms with van der Waals surface area (Å²) < 4.78 is 25.9. The number of carbonyl (C=O) groups is 3. The van der Waals surface area contributed by atoms with Crippen molar-refractivity contribution in [1.82, 2.24) is 30.8 Å². The molecule has 0 bridgehead atoms. The van der Waals surface area contributed by atoms with Crippen LogP contribution in [-0.4, -0.2) is 80.1 Å². The molecular formula is C26H44N6O6S2. The second kappa shape index (κ2) is 15.2. The zero-order chi connectivity index (χ0) is 29.3. The summed E-state index contributed by atoms with van der Waals surface area (Å²) >= 11 is 0.927. The average molecular weight is 601 g/mol. The molecule has 40 heavy (non-hydrogen) atoms. The molecule has 3 rings (SSSR count). The van der Waals surface area contributed by atoms with Crippen LogP contribution in [0, 0.1) is 31.6 Å². The molecule has 0 spiro atoms. The van der Waals surface area contributed by atoms with Crippen molar-refractivity contribution >= 4 is 39.1 Å². The number of nitrogens with one attached hydrogen (secondary N) is 4. The number of carbonyl (C=O) groups excluding carboxylic acids is 2. The Balaban J connectivity index is 1.65. The number of hydrogen-bond donors (Lipinski definition) is 5. The quantitative estimate of drug-likeness (QED) is 0.199. The van der Waals surface area contributed by atoms with Gasteiger partial charge in [0.1, 0.15) is 6.04 Å². The number of hydrazine groups is 1. The van der Waals surface area contributed by atoms with Gasteiger partial charge in [0, 0.05) is 5.92 Å². The third-order valence-electron chi connectivity index (χ3n) is 7.89. The minimum Gasteiger partial charge on any atom is -0.480 e. The smallest absolute Gasteiger partial charge is 0.327 e. The first-order chi connectivity index (χ1) is 19.0. The van der Waals surface area contributed by atoms with Gasteiger partial charge in [-0.2, -0.15) is 0 Å². The molecule has 0 aliphatic carbocycles. The molecule has 0 saturated carbocycles. The Hall–Kier alpha value is -2.13. The van der Waals surface area contributed by atoms with Gasteiger partial charge in [-0.1, -0.05) is 0 Å². The molecule has 1 atom stereocenters. The minimum atomic E-state index is -4.27. The van der Waals surface area contributed by atoms with Crippen molar-refractivity contribution in [2.75, 3.05) is 32.7 Å². The molecule has 2 saturated heterocycles. The molecule has 12 nitrogen and oxygen atoms in total. The number of aryl methyl sites for hydroxylation is 2. The number of rotatable bonds is 14. The maximum atomic E-state index is 13.3. The number of sulfonamides is 1. The summed E-state index contributed by atoms with van der Waals surface area (Å²) in [6.45, 7) is 7.81. The van der Waals surface area contributed by atoms with E-state index in [0.717, 1.165) is 88.9 Å². The van der Waals surface area contributed by atoms with Gasteiger partial charge in [-0.05, 0) is 110 Å². The molecule has 1 unspecified atom stereocenters. The molecule has 2 aliphatic rings. The fourth-order valence-electron chi connectivity index (χ4n) is 5.40. The summed E-state index contributed by atoms with van der Waals surface area (Å²) in [6.07, 6.45) is 7.67. The van der Waals surface area contributed by atoms with E-state index in [4.69, 9.17) is 0 Å². The molecule has 5 N–H and O–H groups in total. The highest BCUT2D eigenvalue weighted by molar-refractivity contribution is 7.91. The van der Waals surface area contributed by atoms with Crippen LogP contribution in [0.15, 0.2) is 4.21 Å². The summed E-state index contributed by atoms with van der Waals surface area (Å²) in [5.74, 6) is -1.63. The van der Waals surface area contributed by atoms with Crippen molar-refractivity contribution in [2.45, 2.75) is 82.4 Å². The summed E-state index contributed by atoms with van der Waals surface area (Å²) in [7, 11) is -4.27. The zero-order valence-corrected chi connectivity index (χ0v) is 25.3. The van der Waals surface area contributed by atoms with E-state index in [1.54, 1.807) is 6.92 Å². The molecule has 1 aromatic heterocycles. The van der Waals surface area contributed by atoms with Gasteiger partial charge < -0.3 is 21.1 Å². The van der Waals surface area contributed by atoms with Gasteiger partial charge in [0.2, 0.25) is 5.91 Å². The molecule has 0 aromatic carbocycles. The van der Waals surface area contributed by atoms with E-state index in [-0.39, 0.29) is 21.7 Å². The standard InChI is InChI=1S/C26H44N6O6S2/c1-17-26(39-19(3)30-17)40(37,38)31-32(18(2)25(35)36)23(33)16-29-24(34)22(6-4-20-8-12-27-13-9-20)7-5-21-10-14-28-15-11-21/h18,20-22,27-28,31H,4-16H2,1-3H3,(H,29,34)(H,35,36). The number of nitrogens with zero attached hydrogens (tertiary/aromatic N) is 2. The van der Waals surface area contributed by atoms with Crippen LogP contribution in [0.2, 0.25) is 0 Å². The van der Waals surface area contributed by atoms with Crippen LogP contribution >= 0.6 is 11.3 Å². The lowest BCUT2D eigenvalue weighted by molar-refractivity contribution is -0.150. The average Bonchev–Trinajstić information content (AvgIpc) is 3.29. The monoisotopic (exact) mass is 600 g/mol. The summed E-state index contributed by atoms with van der Waals surface area (Å²) in [6, 6.07) is -1.50. The molecule has 3 heterocycles. The minimum absolute atomic E-state index is 0.0969. The normalized spacial score (nSPS) is 18.0. The number of piperidine rings is 2. The van der Waals surface area contributed by atoms with Crippen LogP contribution in [-0.2, 0) is 24.4 Å². The number of thiazole rings is 1. The molecule has 0 radical (unpaired) electrons. The van der Waals surface area contributed by atoms with Crippen LogP contribution in [0.3, 0.4) is 0 Å². The first kappa shape index (κ1) is 32.4. The molecule has 14 heteroatoms. The molecule has 2 aliphatic heterocycles. The maximum absolute atomic E-state index is 13.3. The third-order valence-corrected chi connectivity index (χ3v) is 10.9. The first-order valence-corrected chi connectivity index (χ1v) is 16.5. The van der Waals surface area contributed by atoms with E-state index in [2.05, 4.69) is 25.8 Å². The number of carboxylic acids is 1. The number of aliphatic carboxylic acids is 1. The molecule has 1 aromatic rings. The summed E-state index contributed by atoms with van der Waals surface area (Å²) in [4.78, 5) is 44.4. The Labute approximate surface area is 241 Å². The Morgan fingerprint density at radius 1 is 1.02 bits per heavy atom. The fourth-order valence-corrected chi connectivity index (χ4v) is 8.00. The van der Waals surface area contributed by atoms with E-state index >= 15 is 0 Å². The second-order valence-corrected chi connectivity index (χ2v) is 14.0. The lowest BCUT2D eigenvalue weighted by atomic mass is 9.84. The molecule has 2 fully saturated rings. The highest BCUT2D eigenvalue weighted by atomic mass is 32.2. The molecule has 226 valence electrons. The van der Waals surface area contributed by atoms with E-state index in [1.807, 2.05) is 0 Å². The van der Waals surface area contributed by atoms with E-state index in [0.29, 0.717) is 21.9 Å². The van der Waals surface area contributed by atoms with Crippen molar-refractivity contribution in [3.05, 3.63) is 10.7 Å². The van der Waals surface area contributed by atoms with E-state index in [9.17, 15) is 27.9 Å². The number of carboxylic acid groups (broad SMARTS) is 1. The van der Waals surface area contributed by atoms with E-state index in [1.165, 1.54) is 13.8 Å². The van der Waals surface area contributed by atoms with Crippen molar-refractivity contribution in [3.8, 4) is 0 Å². The van der Waals surface area contributed by atoms with Crippen LogP contribution in [0.4, 0.5) is 0 Å². The second-order valence-electron chi connectivity index (χ2n) is 10.9. The van der Waals surface area contributed by atoms with Crippen LogP contribution in [0.1, 0.15) is 69.0 Å². The Morgan fingerprint density at radius 2 is 1.55 bits per heavy atom. The van der Waals surface area contributed by atoms with Crippen molar-refractivity contribution in [3.63, 3.8) is 0 Å². The van der Waals surface area contributed by atoms with Gasteiger partial charge >= 0.3 is 5.97 Å². The van der Waals surface area contributed by atoms with Gasteiger partial charge in [-0.3, -0.25) is 9.59 Å². The highest BCUT2D eigenvalue weighted by Gasteiger charge is 2.33. The highest BCUT2D eigenvalue weighted by Crippen LogP contribution is 2.27. The van der Waals surface area contributed by atoms with Gasteiger partial charge in [-0.15, -0.1) is 16.2 Å². The predicted octanol–water partition coefficient (Wildman–Crippen LogP) is 1.55. The van der Waals surface area contributed by atoms with E-state index < -0.39 is 34.5 Å². The van der Waals surface area contributed by atoms with Gasteiger partial charge in [0.05, 0.1) is 17.2 Å². The topological polar surface area (TPSA) is 170 Å². The molecule has 2 amide bonds. The number of aromatic nitrogens is 1. The molecular weight excluding hydrogens is 556 g/mol. The fraction of sp³-hybridized carbons (Fsp3) is 0.769. The van der Waals surface area contributed by atoms with Crippen LogP contribution in [0.5, 0.6) is 0 Å². The van der Waals surface area contributed by atoms with Crippen LogP contribution in [0.25, 0.3) is 0 Å². The van der Waals surface area contributed by atoms with Crippen molar-refractivity contribution < 1.29 is 27.9 Å². The Kier molecular flexibility index (Phi) is 12.3. The summed E-state index contributed by atoms with van der Waals surface area (Å²) in [5, 5.41) is 20.0. The Morgan fingerprint density at radius 3 is 2.00 bits per heavy atom. The lowest BCUT2D eigenvalue weighted by Crippen LogP contribution is -2.56. The van der Waals surface area contributed by atoms with Gasteiger partial charge in [0.15, 0.2) is 4.21 Å². The first-order valence-electron chi connectivity index (χ1n) is 14.2. The third kappa shape index (κ3) is 9.47. The predicted molar refractivity (Wildman–Crippen MR) is 152 cm³/mol. The maximum Gasteiger partial charge on any atom is 0.327 e. The largest absolute Gasteiger partial charge is 0.480 e.